The second kappa shape index (κ2) is 9.77. The lowest BCUT2D eigenvalue weighted by molar-refractivity contribution is 0.0328. The molecule has 4 aromatic rings. The van der Waals surface area contributed by atoms with Gasteiger partial charge in [0.2, 0.25) is 0 Å². The standard InChI is InChI=1S/C26H22Cl2N4O3/c1-32-14-20(35-26(34)22-11-18(28)9-16-5-3-7-30-24(16)22)12-19(32)13-31-25(33)21-10-17(27)8-15-4-2-6-29-23(15)21/h2-11,19-20H,12-14H2,1H3,(H,31,33)/t19-,20+/m0/s1. The van der Waals surface area contributed by atoms with E-state index >= 15 is 0 Å². The molecule has 1 amide bonds. The summed E-state index contributed by atoms with van der Waals surface area (Å²) >= 11 is 12.4. The summed E-state index contributed by atoms with van der Waals surface area (Å²) in [6.45, 7) is 0.950. The molecule has 5 rings (SSSR count). The van der Waals surface area contributed by atoms with Gasteiger partial charge in [-0.1, -0.05) is 35.3 Å². The fourth-order valence-corrected chi connectivity index (χ4v) is 4.97. The number of likely N-dealkylation sites (tertiary alicyclic amines) is 1. The number of carbonyl (C=O) groups is 2. The molecule has 1 saturated heterocycles. The maximum Gasteiger partial charge on any atom is 0.340 e. The normalized spacial score (nSPS) is 18.1. The number of hydrogen-bond acceptors (Lipinski definition) is 6. The molecule has 2 atom stereocenters. The lowest BCUT2D eigenvalue weighted by Gasteiger charge is -2.19. The van der Waals surface area contributed by atoms with E-state index in [1.165, 1.54) is 0 Å². The van der Waals surface area contributed by atoms with E-state index in [9.17, 15) is 9.59 Å². The van der Waals surface area contributed by atoms with Gasteiger partial charge in [0.05, 0.1) is 22.2 Å². The van der Waals surface area contributed by atoms with E-state index in [0.29, 0.717) is 51.7 Å². The van der Waals surface area contributed by atoms with Crippen LogP contribution in [0.2, 0.25) is 10.0 Å². The van der Waals surface area contributed by atoms with Gasteiger partial charge in [0, 0.05) is 58.8 Å². The number of ether oxygens (including phenoxy) is 1. The van der Waals surface area contributed by atoms with E-state index in [1.807, 2.05) is 19.2 Å². The highest BCUT2D eigenvalue weighted by Gasteiger charge is 2.33. The zero-order valence-electron chi connectivity index (χ0n) is 18.9. The summed E-state index contributed by atoms with van der Waals surface area (Å²) < 4.78 is 5.81. The van der Waals surface area contributed by atoms with Gasteiger partial charge < -0.3 is 10.1 Å². The van der Waals surface area contributed by atoms with Crippen molar-refractivity contribution in [2.24, 2.45) is 0 Å². The van der Waals surface area contributed by atoms with Crippen molar-refractivity contribution < 1.29 is 14.3 Å². The van der Waals surface area contributed by atoms with Gasteiger partial charge in [-0.3, -0.25) is 19.7 Å². The molecule has 1 aliphatic rings. The van der Waals surface area contributed by atoms with Crippen LogP contribution in [0, 0.1) is 0 Å². The molecular formula is C26H22Cl2N4O3. The number of nitrogens with one attached hydrogen (secondary N) is 1. The molecule has 0 radical (unpaired) electrons. The smallest absolute Gasteiger partial charge is 0.340 e. The molecule has 9 heteroatoms. The first-order valence-electron chi connectivity index (χ1n) is 11.2. The minimum absolute atomic E-state index is 0.00406. The van der Waals surface area contributed by atoms with Crippen molar-refractivity contribution in [3.63, 3.8) is 0 Å². The summed E-state index contributed by atoms with van der Waals surface area (Å²) in [6.07, 6.45) is 3.55. The van der Waals surface area contributed by atoms with Crippen molar-refractivity contribution >= 4 is 56.9 Å². The van der Waals surface area contributed by atoms with Gasteiger partial charge in [0.25, 0.3) is 5.91 Å². The Bertz CT molecular complexity index is 1450. The molecule has 0 saturated carbocycles. The quantitative estimate of drug-likeness (QED) is 0.391. The lowest BCUT2D eigenvalue weighted by atomic mass is 10.1. The molecular weight excluding hydrogens is 487 g/mol. The van der Waals surface area contributed by atoms with Crippen molar-refractivity contribution in [2.75, 3.05) is 20.1 Å². The van der Waals surface area contributed by atoms with Crippen LogP contribution in [0.3, 0.4) is 0 Å². The highest BCUT2D eigenvalue weighted by atomic mass is 35.5. The highest BCUT2D eigenvalue weighted by molar-refractivity contribution is 6.32. The lowest BCUT2D eigenvalue weighted by Crippen LogP contribution is -2.38. The minimum atomic E-state index is -0.462. The van der Waals surface area contributed by atoms with Crippen molar-refractivity contribution in [2.45, 2.75) is 18.6 Å². The number of rotatable bonds is 5. The van der Waals surface area contributed by atoms with E-state index in [4.69, 9.17) is 27.9 Å². The largest absolute Gasteiger partial charge is 0.457 e. The fourth-order valence-electron chi connectivity index (χ4n) is 4.51. The first-order valence-corrected chi connectivity index (χ1v) is 11.9. The van der Waals surface area contributed by atoms with Crippen LogP contribution in [0.25, 0.3) is 21.8 Å². The predicted octanol–water partition coefficient (Wildman–Crippen LogP) is 4.75. The topological polar surface area (TPSA) is 84.4 Å². The van der Waals surface area contributed by atoms with E-state index in [0.717, 1.165) is 10.8 Å². The Morgan fingerprint density at radius 3 is 2.26 bits per heavy atom. The maximum atomic E-state index is 13.0. The molecule has 0 bridgehead atoms. The number of esters is 1. The number of aromatic nitrogens is 2. The number of likely N-dealkylation sites (N-methyl/N-ethyl adjacent to an activating group) is 1. The average Bonchev–Trinajstić information content (AvgIpc) is 3.19. The number of benzene rings is 2. The van der Waals surface area contributed by atoms with Crippen molar-refractivity contribution in [3.8, 4) is 0 Å². The molecule has 35 heavy (non-hydrogen) atoms. The fraction of sp³-hybridized carbons (Fsp3) is 0.231. The SMILES string of the molecule is CN1C[C@H](OC(=O)c2cc(Cl)cc3cccnc23)C[C@H]1CNC(=O)c1cc(Cl)cc2cccnc12. The molecule has 2 aromatic carbocycles. The Morgan fingerprint density at radius 1 is 1.00 bits per heavy atom. The molecule has 1 N–H and O–H groups in total. The molecule has 0 spiro atoms. The van der Waals surface area contributed by atoms with Crippen LogP contribution >= 0.6 is 23.2 Å². The average molecular weight is 509 g/mol. The predicted molar refractivity (Wildman–Crippen MR) is 136 cm³/mol. The van der Waals surface area contributed by atoms with Crippen LogP contribution in [-0.4, -0.2) is 59.0 Å². The third kappa shape index (κ3) is 4.93. The second-order valence-electron chi connectivity index (χ2n) is 8.62. The highest BCUT2D eigenvalue weighted by Crippen LogP contribution is 2.26. The first kappa shape index (κ1) is 23.5. The van der Waals surface area contributed by atoms with Crippen LogP contribution in [0.4, 0.5) is 0 Å². The number of amides is 1. The Kier molecular flexibility index (Phi) is 6.56. The Labute approximate surface area is 212 Å². The third-order valence-corrected chi connectivity index (χ3v) is 6.66. The summed E-state index contributed by atoms with van der Waals surface area (Å²) in [5.41, 5.74) is 1.92. The van der Waals surface area contributed by atoms with Gasteiger partial charge in [-0.25, -0.2) is 4.79 Å². The summed E-state index contributed by atoms with van der Waals surface area (Å²) in [7, 11) is 1.94. The van der Waals surface area contributed by atoms with Crippen LogP contribution in [0.1, 0.15) is 27.1 Å². The van der Waals surface area contributed by atoms with Gasteiger partial charge in [-0.2, -0.15) is 0 Å². The molecule has 2 aromatic heterocycles. The second-order valence-corrected chi connectivity index (χ2v) is 9.50. The maximum absolute atomic E-state index is 13.0. The van der Waals surface area contributed by atoms with Crippen molar-refractivity contribution in [1.29, 1.82) is 0 Å². The Balaban J connectivity index is 1.25. The number of hydrogen-bond donors (Lipinski definition) is 1. The number of nitrogens with zero attached hydrogens (tertiary/aromatic N) is 3. The van der Waals surface area contributed by atoms with Crippen LogP contribution < -0.4 is 5.32 Å². The molecule has 7 nitrogen and oxygen atoms in total. The van der Waals surface area contributed by atoms with E-state index in [-0.39, 0.29) is 18.1 Å². The minimum Gasteiger partial charge on any atom is -0.457 e. The summed E-state index contributed by atoms with van der Waals surface area (Å²) in [4.78, 5) is 36.6. The summed E-state index contributed by atoms with van der Waals surface area (Å²) in [5, 5.41) is 5.49. The summed E-state index contributed by atoms with van der Waals surface area (Å²) in [5.74, 6) is -0.711. The van der Waals surface area contributed by atoms with E-state index in [2.05, 4.69) is 20.2 Å². The summed E-state index contributed by atoms with van der Waals surface area (Å²) in [6, 6.07) is 14.1. The van der Waals surface area contributed by atoms with E-state index < -0.39 is 5.97 Å². The van der Waals surface area contributed by atoms with E-state index in [1.54, 1.807) is 48.8 Å². The van der Waals surface area contributed by atoms with Gasteiger partial charge in [-0.15, -0.1) is 0 Å². The molecule has 1 fully saturated rings. The number of carbonyl (C=O) groups excluding carboxylic acids is 2. The van der Waals surface area contributed by atoms with Crippen LogP contribution in [0.15, 0.2) is 60.9 Å². The number of halogens is 2. The monoisotopic (exact) mass is 508 g/mol. The zero-order valence-corrected chi connectivity index (χ0v) is 20.4. The van der Waals surface area contributed by atoms with Gasteiger partial charge >= 0.3 is 5.97 Å². The third-order valence-electron chi connectivity index (χ3n) is 6.23. The van der Waals surface area contributed by atoms with Gasteiger partial charge in [0.15, 0.2) is 0 Å². The molecule has 178 valence electrons. The van der Waals surface area contributed by atoms with Gasteiger partial charge in [-0.05, 0) is 43.4 Å². The Hall–Kier alpha value is -3.26. The van der Waals surface area contributed by atoms with Crippen molar-refractivity contribution in [3.05, 3.63) is 82.1 Å². The molecule has 3 heterocycles. The molecule has 0 aliphatic carbocycles. The Morgan fingerprint density at radius 2 is 1.60 bits per heavy atom. The van der Waals surface area contributed by atoms with Crippen molar-refractivity contribution in [1.82, 2.24) is 20.2 Å². The molecule has 0 unspecified atom stereocenters. The number of fused-ring (bicyclic) bond motifs is 2. The first-order chi connectivity index (χ1) is 16.9. The zero-order chi connectivity index (χ0) is 24.5. The van der Waals surface area contributed by atoms with Crippen LogP contribution in [0.5, 0.6) is 0 Å². The van der Waals surface area contributed by atoms with Crippen LogP contribution in [-0.2, 0) is 4.74 Å². The van der Waals surface area contributed by atoms with Gasteiger partial charge in [0.1, 0.15) is 6.10 Å². The molecule has 1 aliphatic heterocycles. The number of pyridine rings is 2.